The minimum Gasteiger partial charge on any atom is -0.480 e. The molecule has 7 heteroatoms. The number of carboxylic acid groups (broad SMARTS) is 1. The van der Waals surface area contributed by atoms with Crippen LogP contribution in [0.5, 0.6) is 0 Å². The first-order chi connectivity index (χ1) is 11.5. The zero-order chi connectivity index (χ0) is 17.5. The first kappa shape index (κ1) is 18.1. The summed E-state index contributed by atoms with van der Waals surface area (Å²) in [6, 6.07) is 12.8. The molecule has 0 fully saturated rings. The summed E-state index contributed by atoms with van der Waals surface area (Å²) in [5.74, 6) is -1.17. The molecule has 0 bridgehead atoms. The molecule has 0 saturated carbocycles. The van der Waals surface area contributed by atoms with Crippen LogP contribution < -0.4 is 5.32 Å². The van der Waals surface area contributed by atoms with Crippen molar-refractivity contribution >= 4 is 35.3 Å². The zero-order valence-corrected chi connectivity index (χ0v) is 14.1. The average Bonchev–Trinajstić information content (AvgIpc) is 2.56. The van der Waals surface area contributed by atoms with E-state index in [2.05, 4.69) is 5.32 Å². The largest absolute Gasteiger partial charge is 0.480 e. The maximum Gasteiger partial charge on any atom is 0.408 e. The van der Waals surface area contributed by atoms with Crippen LogP contribution in [0.15, 0.2) is 48.5 Å². The number of amides is 1. The number of aliphatic carboxylic acids is 1. The molecule has 1 unspecified atom stereocenters. The predicted octanol–water partition coefficient (Wildman–Crippen LogP) is 3.92. The minimum absolute atomic E-state index is 0.0613. The third-order valence-electron chi connectivity index (χ3n) is 3.23. The zero-order valence-electron chi connectivity index (χ0n) is 12.5. The maximum atomic E-state index is 11.8. The molecule has 0 aromatic heterocycles. The molecule has 0 aliphatic carbocycles. The van der Waals surface area contributed by atoms with Crippen LogP contribution in [-0.4, -0.2) is 23.2 Å². The van der Waals surface area contributed by atoms with E-state index >= 15 is 0 Å². The molecule has 2 aromatic carbocycles. The third kappa shape index (κ3) is 5.44. The first-order valence-electron chi connectivity index (χ1n) is 7.09. The van der Waals surface area contributed by atoms with Crippen molar-refractivity contribution in [2.45, 2.75) is 19.1 Å². The molecular weight excluding hydrogens is 353 g/mol. The first-order valence-corrected chi connectivity index (χ1v) is 7.85. The monoisotopic (exact) mass is 367 g/mol. The van der Waals surface area contributed by atoms with Crippen molar-refractivity contribution in [3.8, 4) is 0 Å². The lowest BCUT2D eigenvalue weighted by Gasteiger charge is -2.15. The second-order valence-electron chi connectivity index (χ2n) is 5.05. The quantitative estimate of drug-likeness (QED) is 0.811. The Kier molecular flexibility index (Phi) is 6.46. The summed E-state index contributed by atoms with van der Waals surface area (Å²) in [7, 11) is 0. The lowest BCUT2D eigenvalue weighted by molar-refractivity contribution is -0.139. The van der Waals surface area contributed by atoms with Crippen LogP contribution in [-0.2, 0) is 22.6 Å². The molecule has 0 radical (unpaired) electrons. The minimum atomic E-state index is -1.17. The van der Waals surface area contributed by atoms with Crippen LogP contribution >= 0.6 is 23.2 Å². The number of carboxylic acids is 1. The van der Waals surface area contributed by atoms with Crippen molar-refractivity contribution in [3.05, 3.63) is 69.7 Å². The van der Waals surface area contributed by atoms with E-state index in [-0.39, 0.29) is 13.0 Å². The second-order valence-corrected chi connectivity index (χ2v) is 5.86. The van der Waals surface area contributed by atoms with Crippen molar-refractivity contribution in [1.82, 2.24) is 5.32 Å². The molecule has 126 valence electrons. The number of halogens is 2. The second kappa shape index (κ2) is 8.57. The molecular formula is C17H15Cl2NO4. The Morgan fingerprint density at radius 1 is 1.04 bits per heavy atom. The molecule has 0 spiro atoms. The molecule has 5 nitrogen and oxygen atoms in total. The molecule has 2 N–H and O–H groups in total. The molecule has 0 aliphatic heterocycles. The lowest BCUT2D eigenvalue weighted by atomic mass is 10.1. The predicted molar refractivity (Wildman–Crippen MR) is 91.4 cm³/mol. The molecule has 24 heavy (non-hydrogen) atoms. The number of hydrogen-bond donors (Lipinski definition) is 2. The Balaban J connectivity index is 1.93. The van der Waals surface area contributed by atoms with Gasteiger partial charge in [-0.1, -0.05) is 59.6 Å². The number of benzene rings is 2. The standard InChI is InChI=1S/C17H15Cl2NO4/c18-13-7-6-12(8-14(13)19)9-15(16(21)22)20-17(23)24-10-11-4-2-1-3-5-11/h1-8,15H,9-10H2,(H,20,23)(H,21,22). The highest BCUT2D eigenvalue weighted by Gasteiger charge is 2.21. The molecule has 1 amide bonds. The van der Waals surface area contributed by atoms with Crippen LogP contribution in [0.3, 0.4) is 0 Å². The van der Waals surface area contributed by atoms with Crippen molar-refractivity contribution in [2.24, 2.45) is 0 Å². The fourth-order valence-corrected chi connectivity index (χ4v) is 2.33. The van der Waals surface area contributed by atoms with Gasteiger partial charge in [0.15, 0.2) is 0 Å². The number of hydrogen-bond acceptors (Lipinski definition) is 3. The molecule has 1 atom stereocenters. The van der Waals surface area contributed by atoms with Crippen LogP contribution in [0.4, 0.5) is 4.79 Å². The van der Waals surface area contributed by atoms with Gasteiger partial charge in [0.2, 0.25) is 0 Å². The topological polar surface area (TPSA) is 75.6 Å². The van der Waals surface area contributed by atoms with E-state index in [0.29, 0.717) is 15.6 Å². The molecule has 0 heterocycles. The number of carbonyl (C=O) groups is 2. The van der Waals surface area contributed by atoms with Gasteiger partial charge in [0.1, 0.15) is 12.6 Å². The van der Waals surface area contributed by atoms with Gasteiger partial charge in [0.25, 0.3) is 0 Å². The van der Waals surface area contributed by atoms with Crippen LogP contribution in [0.1, 0.15) is 11.1 Å². The van der Waals surface area contributed by atoms with Gasteiger partial charge in [-0.25, -0.2) is 9.59 Å². The summed E-state index contributed by atoms with van der Waals surface area (Å²) in [5.41, 5.74) is 1.45. The summed E-state index contributed by atoms with van der Waals surface area (Å²) >= 11 is 11.7. The van der Waals surface area contributed by atoms with Gasteiger partial charge in [-0.15, -0.1) is 0 Å². The SMILES string of the molecule is O=C(NC(Cc1ccc(Cl)c(Cl)c1)C(=O)O)OCc1ccccc1. The van der Waals surface area contributed by atoms with Gasteiger partial charge in [0.05, 0.1) is 10.0 Å². The van der Waals surface area contributed by atoms with E-state index in [9.17, 15) is 14.7 Å². The van der Waals surface area contributed by atoms with Gasteiger partial charge >= 0.3 is 12.1 Å². The highest BCUT2D eigenvalue weighted by Crippen LogP contribution is 2.23. The fraction of sp³-hybridized carbons (Fsp3) is 0.176. The number of alkyl carbamates (subject to hydrolysis) is 1. The Hall–Kier alpha value is -2.24. The lowest BCUT2D eigenvalue weighted by Crippen LogP contribution is -2.42. The van der Waals surface area contributed by atoms with E-state index in [1.54, 1.807) is 30.3 Å². The molecule has 2 aromatic rings. The highest BCUT2D eigenvalue weighted by atomic mass is 35.5. The molecule has 0 saturated heterocycles. The van der Waals surface area contributed by atoms with Crippen molar-refractivity contribution < 1.29 is 19.4 Å². The van der Waals surface area contributed by atoms with E-state index in [1.807, 2.05) is 18.2 Å². The summed E-state index contributed by atoms with van der Waals surface area (Å²) in [6.45, 7) is 0.0613. The van der Waals surface area contributed by atoms with Crippen LogP contribution in [0.25, 0.3) is 0 Å². The van der Waals surface area contributed by atoms with E-state index in [1.165, 1.54) is 0 Å². The normalized spacial score (nSPS) is 11.6. The Morgan fingerprint density at radius 3 is 2.38 bits per heavy atom. The third-order valence-corrected chi connectivity index (χ3v) is 3.97. The Labute approximate surface area is 149 Å². The number of nitrogens with one attached hydrogen (secondary N) is 1. The maximum absolute atomic E-state index is 11.8. The van der Waals surface area contributed by atoms with Crippen molar-refractivity contribution in [1.29, 1.82) is 0 Å². The fourth-order valence-electron chi connectivity index (χ4n) is 2.01. The van der Waals surface area contributed by atoms with E-state index < -0.39 is 18.1 Å². The Bertz CT molecular complexity index is 722. The molecule has 2 rings (SSSR count). The highest BCUT2D eigenvalue weighted by molar-refractivity contribution is 6.42. The molecule has 0 aliphatic rings. The number of ether oxygens (including phenoxy) is 1. The van der Waals surface area contributed by atoms with Crippen LogP contribution in [0, 0.1) is 0 Å². The van der Waals surface area contributed by atoms with E-state index in [0.717, 1.165) is 5.56 Å². The van der Waals surface area contributed by atoms with Gasteiger partial charge in [-0.3, -0.25) is 0 Å². The average molecular weight is 368 g/mol. The van der Waals surface area contributed by atoms with Gasteiger partial charge in [0, 0.05) is 6.42 Å². The number of rotatable bonds is 6. The van der Waals surface area contributed by atoms with Crippen molar-refractivity contribution in [3.63, 3.8) is 0 Å². The summed E-state index contributed by atoms with van der Waals surface area (Å²) in [4.78, 5) is 23.1. The summed E-state index contributed by atoms with van der Waals surface area (Å²) in [6.07, 6.45) is -0.738. The van der Waals surface area contributed by atoms with Crippen LogP contribution in [0.2, 0.25) is 10.0 Å². The number of carbonyl (C=O) groups excluding carboxylic acids is 1. The Morgan fingerprint density at radius 2 is 1.75 bits per heavy atom. The van der Waals surface area contributed by atoms with Gasteiger partial charge in [-0.05, 0) is 23.3 Å². The van der Waals surface area contributed by atoms with Gasteiger partial charge < -0.3 is 15.2 Å². The van der Waals surface area contributed by atoms with Crippen molar-refractivity contribution in [2.75, 3.05) is 0 Å². The van der Waals surface area contributed by atoms with E-state index in [4.69, 9.17) is 27.9 Å². The van der Waals surface area contributed by atoms with Gasteiger partial charge in [-0.2, -0.15) is 0 Å². The smallest absolute Gasteiger partial charge is 0.408 e. The summed E-state index contributed by atoms with van der Waals surface area (Å²) in [5, 5.41) is 12.3. The summed E-state index contributed by atoms with van der Waals surface area (Å²) < 4.78 is 5.03.